The van der Waals surface area contributed by atoms with E-state index in [1.54, 1.807) is 0 Å². The van der Waals surface area contributed by atoms with Gasteiger partial charge in [0.2, 0.25) is 0 Å². The van der Waals surface area contributed by atoms with Crippen molar-refractivity contribution in [2.75, 3.05) is 13.1 Å². The predicted octanol–water partition coefficient (Wildman–Crippen LogP) is 2.56. The Morgan fingerprint density at radius 3 is 3.05 bits per heavy atom. The van der Waals surface area contributed by atoms with Gasteiger partial charge in [0.25, 0.3) is 0 Å². The summed E-state index contributed by atoms with van der Waals surface area (Å²) in [6.07, 6.45) is 7.97. The molecule has 2 heterocycles. The van der Waals surface area contributed by atoms with Crippen LogP contribution >= 0.6 is 0 Å². The van der Waals surface area contributed by atoms with Crippen LogP contribution < -0.4 is 5.32 Å². The van der Waals surface area contributed by atoms with Gasteiger partial charge in [0, 0.05) is 49.5 Å². The first-order chi connectivity index (χ1) is 9.90. The third kappa shape index (κ3) is 2.43. The monoisotopic (exact) mass is 267 g/mol. The van der Waals surface area contributed by atoms with E-state index in [1.165, 1.54) is 48.7 Å². The van der Waals surface area contributed by atoms with Gasteiger partial charge in [0.05, 0.1) is 0 Å². The van der Waals surface area contributed by atoms with Gasteiger partial charge in [-0.05, 0) is 36.3 Å². The van der Waals surface area contributed by atoms with Crippen molar-refractivity contribution in [2.45, 2.75) is 37.9 Å². The Morgan fingerprint density at radius 1 is 1.20 bits per heavy atom. The van der Waals surface area contributed by atoms with E-state index in [9.17, 15) is 0 Å². The van der Waals surface area contributed by atoms with Crippen molar-refractivity contribution < 1.29 is 0 Å². The van der Waals surface area contributed by atoms with Crippen molar-refractivity contribution in [2.24, 2.45) is 0 Å². The summed E-state index contributed by atoms with van der Waals surface area (Å²) in [7, 11) is 0. The number of fused-ring (bicyclic) bond motifs is 1. The van der Waals surface area contributed by atoms with Crippen molar-refractivity contribution in [3.05, 3.63) is 42.2 Å². The molecule has 1 saturated heterocycles. The molecule has 1 aromatic carbocycles. The molecule has 2 fully saturated rings. The second-order valence-corrected chi connectivity index (χ2v) is 6.11. The minimum Gasteiger partial charge on any atom is -0.309 e. The van der Waals surface area contributed by atoms with Crippen LogP contribution in [0.4, 0.5) is 0 Å². The first-order valence-corrected chi connectivity index (χ1v) is 7.69. The molecule has 20 heavy (non-hydrogen) atoms. The average Bonchev–Trinajstić information content (AvgIpc) is 3.24. The number of hydrogen-bond acceptors (Lipinski definition) is 3. The molecule has 3 heteroatoms. The van der Waals surface area contributed by atoms with Gasteiger partial charge in [-0.1, -0.05) is 18.2 Å². The number of nitrogens with zero attached hydrogens (tertiary/aromatic N) is 2. The van der Waals surface area contributed by atoms with Gasteiger partial charge >= 0.3 is 0 Å². The number of likely N-dealkylation sites (tertiary alicyclic amines) is 1. The Kier molecular flexibility index (Phi) is 3.17. The second-order valence-electron chi connectivity index (χ2n) is 6.11. The van der Waals surface area contributed by atoms with E-state index in [0.29, 0.717) is 6.04 Å². The van der Waals surface area contributed by atoms with Gasteiger partial charge in [-0.25, -0.2) is 0 Å². The molecule has 1 aliphatic carbocycles. The maximum atomic E-state index is 4.20. The second kappa shape index (κ2) is 5.15. The third-order valence-electron chi connectivity index (χ3n) is 4.64. The molecule has 0 spiro atoms. The van der Waals surface area contributed by atoms with Crippen LogP contribution in [0.5, 0.6) is 0 Å². The number of nitrogens with one attached hydrogen (secondary N) is 1. The fourth-order valence-corrected chi connectivity index (χ4v) is 3.32. The summed E-state index contributed by atoms with van der Waals surface area (Å²) in [6, 6.07) is 10.2. The smallest absolute Gasteiger partial charge is 0.0346 e. The highest BCUT2D eigenvalue weighted by Gasteiger charge is 2.33. The number of hydrogen-bond donors (Lipinski definition) is 1. The van der Waals surface area contributed by atoms with Crippen LogP contribution in [-0.2, 0) is 6.54 Å². The zero-order valence-electron chi connectivity index (χ0n) is 11.8. The van der Waals surface area contributed by atoms with E-state index in [4.69, 9.17) is 0 Å². The lowest BCUT2D eigenvalue weighted by Gasteiger charge is -2.16. The van der Waals surface area contributed by atoms with Gasteiger partial charge in [0.1, 0.15) is 0 Å². The summed E-state index contributed by atoms with van der Waals surface area (Å²) in [6.45, 7) is 3.48. The lowest BCUT2D eigenvalue weighted by Crippen LogP contribution is -2.32. The van der Waals surface area contributed by atoms with Crippen LogP contribution in [0.2, 0.25) is 0 Å². The van der Waals surface area contributed by atoms with Crippen molar-refractivity contribution in [1.82, 2.24) is 15.2 Å². The molecule has 1 aliphatic heterocycles. The molecule has 0 amide bonds. The third-order valence-corrected chi connectivity index (χ3v) is 4.64. The molecule has 4 rings (SSSR count). The first-order valence-electron chi connectivity index (χ1n) is 7.69. The molecule has 1 aromatic heterocycles. The van der Waals surface area contributed by atoms with Crippen LogP contribution in [0, 0.1) is 0 Å². The van der Waals surface area contributed by atoms with Gasteiger partial charge in [0.15, 0.2) is 0 Å². The van der Waals surface area contributed by atoms with E-state index in [1.807, 2.05) is 12.4 Å². The molecule has 1 atom stereocenters. The molecule has 2 aliphatic rings. The summed E-state index contributed by atoms with van der Waals surface area (Å²) in [5.74, 6) is 0. The number of rotatable bonds is 4. The van der Waals surface area contributed by atoms with Crippen LogP contribution in [-0.4, -0.2) is 35.1 Å². The fraction of sp³-hybridized carbons (Fsp3) is 0.471. The van der Waals surface area contributed by atoms with Gasteiger partial charge < -0.3 is 5.32 Å². The Hall–Kier alpha value is -1.45. The van der Waals surface area contributed by atoms with E-state index >= 15 is 0 Å². The molecule has 104 valence electrons. The van der Waals surface area contributed by atoms with Gasteiger partial charge in [-0.15, -0.1) is 0 Å². The van der Waals surface area contributed by atoms with E-state index < -0.39 is 0 Å². The SMILES string of the molecule is c1cc(CNC2CCN(C3CC3)C2)c2ccncc2c1. The van der Waals surface area contributed by atoms with Crippen molar-refractivity contribution in [3.8, 4) is 0 Å². The first kappa shape index (κ1) is 12.3. The van der Waals surface area contributed by atoms with Crippen LogP contribution in [0.25, 0.3) is 10.8 Å². The van der Waals surface area contributed by atoms with Gasteiger partial charge in [-0.3, -0.25) is 9.88 Å². The number of benzene rings is 1. The van der Waals surface area contributed by atoms with Crippen molar-refractivity contribution >= 4 is 10.8 Å². The Bertz CT molecular complexity index is 601. The Balaban J connectivity index is 1.43. The van der Waals surface area contributed by atoms with Crippen LogP contribution in [0.1, 0.15) is 24.8 Å². The van der Waals surface area contributed by atoms with Crippen molar-refractivity contribution in [3.63, 3.8) is 0 Å². The van der Waals surface area contributed by atoms with Gasteiger partial charge in [-0.2, -0.15) is 0 Å². The quantitative estimate of drug-likeness (QED) is 0.923. The van der Waals surface area contributed by atoms with Crippen LogP contribution in [0.3, 0.4) is 0 Å². The molecule has 3 nitrogen and oxygen atoms in total. The maximum absolute atomic E-state index is 4.20. The zero-order chi connectivity index (χ0) is 13.4. The number of aromatic nitrogens is 1. The van der Waals surface area contributed by atoms with Crippen molar-refractivity contribution in [1.29, 1.82) is 0 Å². The predicted molar refractivity (Wildman–Crippen MR) is 81.6 cm³/mol. The molecule has 1 saturated carbocycles. The Morgan fingerprint density at radius 2 is 2.15 bits per heavy atom. The largest absolute Gasteiger partial charge is 0.309 e. The highest BCUT2D eigenvalue weighted by Crippen LogP contribution is 2.30. The summed E-state index contributed by atoms with van der Waals surface area (Å²) in [5.41, 5.74) is 1.38. The summed E-state index contributed by atoms with van der Waals surface area (Å²) >= 11 is 0. The minimum absolute atomic E-state index is 0.660. The maximum Gasteiger partial charge on any atom is 0.0346 e. The molecule has 1 N–H and O–H groups in total. The summed E-state index contributed by atoms with van der Waals surface area (Å²) < 4.78 is 0. The Labute approximate surface area is 120 Å². The van der Waals surface area contributed by atoms with Crippen LogP contribution in [0.15, 0.2) is 36.7 Å². The fourth-order valence-electron chi connectivity index (χ4n) is 3.32. The van der Waals surface area contributed by atoms with E-state index in [0.717, 1.165) is 12.6 Å². The number of pyridine rings is 1. The molecular formula is C17H21N3. The molecule has 0 radical (unpaired) electrons. The average molecular weight is 267 g/mol. The topological polar surface area (TPSA) is 28.2 Å². The zero-order valence-corrected chi connectivity index (χ0v) is 11.8. The highest BCUT2D eigenvalue weighted by atomic mass is 15.2. The normalized spacial score (nSPS) is 23.5. The molecule has 2 aromatic rings. The standard InChI is InChI=1S/C17H21N3/c1-2-13-10-18-8-6-17(13)14(3-1)11-19-15-7-9-20(12-15)16-4-5-16/h1-3,6,8,10,15-16,19H,4-5,7,9,11-12H2. The van der Waals surface area contributed by atoms with E-state index in [2.05, 4.69) is 39.5 Å². The molecule has 1 unspecified atom stereocenters. The lowest BCUT2D eigenvalue weighted by atomic mass is 10.1. The van der Waals surface area contributed by atoms with E-state index in [-0.39, 0.29) is 0 Å². The molecule has 0 bridgehead atoms. The minimum atomic E-state index is 0.660. The highest BCUT2D eigenvalue weighted by molar-refractivity contribution is 5.84. The summed E-state index contributed by atoms with van der Waals surface area (Å²) in [4.78, 5) is 6.86. The summed E-state index contributed by atoms with van der Waals surface area (Å²) in [5, 5.41) is 6.30. The lowest BCUT2D eigenvalue weighted by molar-refractivity contribution is 0.317. The molecular weight excluding hydrogens is 246 g/mol.